The first-order valence-electron chi connectivity index (χ1n) is 5.60. The van der Waals surface area contributed by atoms with E-state index >= 15 is 0 Å². The predicted molar refractivity (Wildman–Crippen MR) is 56.9 cm³/mol. The summed E-state index contributed by atoms with van der Waals surface area (Å²) in [6.07, 6.45) is 0. The van der Waals surface area contributed by atoms with Gasteiger partial charge in [-0.25, -0.2) is 0 Å². The molecule has 0 aromatic carbocycles. The van der Waals surface area contributed by atoms with Crippen molar-refractivity contribution in [1.82, 2.24) is 15.1 Å². The summed E-state index contributed by atoms with van der Waals surface area (Å²) in [5.41, 5.74) is 0. The predicted octanol–water partition coefficient (Wildman–Crippen LogP) is -0.951. The molecule has 0 radical (unpaired) electrons. The zero-order valence-electron chi connectivity index (χ0n) is 9.15. The molecule has 0 saturated carbocycles. The Labute approximate surface area is 90.0 Å². The Balaban J connectivity index is 1.75. The van der Waals surface area contributed by atoms with Gasteiger partial charge in [-0.15, -0.1) is 0 Å². The lowest BCUT2D eigenvalue weighted by atomic mass is 10.0. The van der Waals surface area contributed by atoms with Gasteiger partial charge in [-0.05, 0) is 6.92 Å². The van der Waals surface area contributed by atoms with Crippen LogP contribution in [0.4, 0.5) is 0 Å². The molecule has 2 saturated heterocycles. The van der Waals surface area contributed by atoms with E-state index in [0.717, 1.165) is 39.3 Å². The maximum atomic E-state index is 10.8. The molecule has 0 aromatic rings. The molecule has 15 heavy (non-hydrogen) atoms. The topological polar surface area (TPSA) is 55.8 Å². The number of carboxylic acids is 1. The molecule has 0 aromatic heterocycles. The van der Waals surface area contributed by atoms with E-state index in [1.54, 1.807) is 6.92 Å². The first-order valence-corrected chi connectivity index (χ1v) is 5.60. The van der Waals surface area contributed by atoms with Crippen LogP contribution in [-0.2, 0) is 4.79 Å². The maximum Gasteiger partial charge on any atom is 0.320 e. The summed E-state index contributed by atoms with van der Waals surface area (Å²) in [4.78, 5) is 15.2. The van der Waals surface area contributed by atoms with E-state index in [-0.39, 0.29) is 6.04 Å². The summed E-state index contributed by atoms with van der Waals surface area (Å²) >= 11 is 0. The van der Waals surface area contributed by atoms with Crippen molar-refractivity contribution in [1.29, 1.82) is 0 Å². The van der Waals surface area contributed by atoms with Crippen LogP contribution in [0.5, 0.6) is 0 Å². The lowest BCUT2D eigenvalue weighted by molar-refractivity contribution is -0.146. The second-order valence-corrected chi connectivity index (χ2v) is 4.41. The molecular formula is C10H19N3O2. The van der Waals surface area contributed by atoms with Crippen molar-refractivity contribution in [2.45, 2.75) is 19.0 Å². The molecule has 0 amide bonds. The molecule has 5 nitrogen and oxygen atoms in total. The molecular weight excluding hydrogens is 194 g/mol. The zero-order chi connectivity index (χ0) is 10.8. The number of rotatable bonds is 3. The van der Waals surface area contributed by atoms with Gasteiger partial charge in [0.2, 0.25) is 0 Å². The minimum absolute atomic E-state index is 0.329. The summed E-state index contributed by atoms with van der Waals surface area (Å²) in [6.45, 7) is 7.90. The van der Waals surface area contributed by atoms with Crippen molar-refractivity contribution in [3.63, 3.8) is 0 Å². The van der Waals surface area contributed by atoms with Crippen LogP contribution < -0.4 is 5.32 Å². The maximum absolute atomic E-state index is 10.8. The fourth-order valence-corrected chi connectivity index (χ4v) is 2.24. The van der Waals surface area contributed by atoms with Gasteiger partial charge in [-0.3, -0.25) is 14.6 Å². The molecule has 86 valence electrons. The molecule has 0 bridgehead atoms. The molecule has 2 fully saturated rings. The fourth-order valence-electron chi connectivity index (χ4n) is 2.24. The summed E-state index contributed by atoms with van der Waals surface area (Å²) < 4.78 is 0. The number of nitrogens with zero attached hydrogens (tertiary/aromatic N) is 2. The number of aliphatic carboxylic acids is 1. The summed E-state index contributed by atoms with van der Waals surface area (Å²) in [5, 5.41) is 12.2. The Kier molecular flexibility index (Phi) is 3.23. The third-order valence-corrected chi connectivity index (χ3v) is 3.46. The van der Waals surface area contributed by atoms with Gasteiger partial charge < -0.3 is 10.4 Å². The summed E-state index contributed by atoms with van der Waals surface area (Å²) in [6, 6.07) is 0.248. The van der Waals surface area contributed by atoms with Gasteiger partial charge in [-0.2, -0.15) is 0 Å². The van der Waals surface area contributed by atoms with E-state index in [0.29, 0.717) is 6.04 Å². The number of carbonyl (C=O) groups is 1. The van der Waals surface area contributed by atoms with E-state index < -0.39 is 5.97 Å². The van der Waals surface area contributed by atoms with Gasteiger partial charge in [-0.1, -0.05) is 0 Å². The minimum Gasteiger partial charge on any atom is -0.480 e. The molecule has 2 aliphatic heterocycles. The van der Waals surface area contributed by atoms with Gasteiger partial charge in [0.1, 0.15) is 6.04 Å². The van der Waals surface area contributed by atoms with E-state index in [4.69, 9.17) is 5.11 Å². The van der Waals surface area contributed by atoms with E-state index in [1.807, 2.05) is 4.90 Å². The number of nitrogens with one attached hydrogen (secondary N) is 1. The van der Waals surface area contributed by atoms with Crippen molar-refractivity contribution in [2.24, 2.45) is 0 Å². The van der Waals surface area contributed by atoms with E-state index in [2.05, 4.69) is 10.2 Å². The van der Waals surface area contributed by atoms with Crippen LogP contribution in [-0.4, -0.2) is 72.2 Å². The Morgan fingerprint density at radius 3 is 2.53 bits per heavy atom. The molecule has 0 spiro atoms. The normalized spacial score (nSPS) is 27.3. The van der Waals surface area contributed by atoms with Crippen LogP contribution >= 0.6 is 0 Å². The van der Waals surface area contributed by atoms with Crippen molar-refractivity contribution in [3.8, 4) is 0 Å². The molecule has 2 rings (SSSR count). The molecule has 2 aliphatic rings. The SMILES string of the molecule is CC(C(=O)O)N1CC(N2CCNCC2)C1. The lowest BCUT2D eigenvalue weighted by Gasteiger charge is -2.48. The quantitative estimate of drug-likeness (QED) is 0.633. The summed E-state index contributed by atoms with van der Waals surface area (Å²) in [7, 11) is 0. The Bertz CT molecular complexity index is 235. The van der Waals surface area contributed by atoms with Crippen molar-refractivity contribution in [2.75, 3.05) is 39.3 Å². The van der Waals surface area contributed by atoms with Gasteiger partial charge in [0, 0.05) is 45.3 Å². The van der Waals surface area contributed by atoms with Crippen LogP contribution in [0.15, 0.2) is 0 Å². The molecule has 5 heteroatoms. The largest absolute Gasteiger partial charge is 0.480 e. The first-order chi connectivity index (χ1) is 7.18. The molecule has 0 aliphatic carbocycles. The second-order valence-electron chi connectivity index (χ2n) is 4.41. The molecule has 1 atom stereocenters. The average Bonchev–Trinajstić information content (AvgIpc) is 2.17. The number of likely N-dealkylation sites (tertiary alicyclic amines) is 1. The number of piperazine rings is 1. The first kappa shape index (κ1) is 10.9. The number of carboxylic acid groups (broad SMARTS) is 1. The Hall–Kier alpha value is -0.650. The van der Waals surface area contributed by atoms with Gasteiger partial charge in [0.15, 0.2) is 0 Å². The molecule has 1 unspecified atom stereocenters. The standard InChI is InChI=1S/C10H19N3O2/c1-8(10(14)15)13-6-9(7-13)12-4-2-11-3-5-12/h8-9,11H,2-7H2,1H3,(H,14,15). The zero-order valence-corrected chi connectivity index (χ0v) is 9.15. The van der Waals surface area contributed by atoms with Crippen molar-refractivity contribution in [3.05, 3.63) is 0 Å². The van der Waals surface area contributed by atoms with Crippen molar-refractivity contribution < 1.29 is 9.90 Å². The van der Waals surface area contributed by atoms with Gasteiger partial charge >= 0.3 is 5.97 Å². The third kappa shape index (κ3) is 2.30. The van der Waals surface area contributed by atoms with Crippen LogP contribution in [0, 0.1) is 0 Å². The number of hydrogen-bond donors (Lipinski definition) is 2. The average molecular weight is 213 g/mol. The monoisotopic (exact) mass is 213 g/mol. The van der Waals surface area contributed by atoms with Gasteiger partial charge in [0.05, 0.1) is 0 Å². The summed E-state index contributed by atoms with van der Waals surface area (Å²) in [5.74, 6) is -0.714. The Morgan fingerprint density at radius 1 is 1.40 bits per heavy atom. The smallest absolute Gasteiger partial charge is 0.320 e. The lowest BCUT2D eigenvalue weighted by Crippen LogP contribution is -2.65. The highest BCUT2D eigenvalue weighted by atomic mass is 16.4. The Morgan fingerprint density at radius 2 is 2.00 bits per heavy atom. The van der Waals surface area contributed by atoms with Crippen molar-refractivity contribution >= 4 is 5.97 Å². The number of hydrogen-bond acceptors (Lipinski definition) is 4. The fraction of sp³-hybridized carbons (Fsp3) is 0.900. The van der Waals surface area contributed by atoms with E-state index in [1.165, 1.54) is 0 Å². The van der Waals surface area contributed by atoms with Gasteiger partial charge in [0.25, 0.3) is 0 Å². The van der Waals surface area contributed by atoms with Crippen LogP contribution in [0.25, 0.3) is 0 Å². The van der Waals surface area contributed by atoms with Crippen LogP contribution in [0.2, 0.25) is 0 Å². The highest BCUT2D eigenvalue weighted by molar-refractivity contribution is 5.73. The molecule has 2 N–H and O–H groups in total. The minimum atomic E-state index is -0.714. The molecule has 2 heterocycles. The third-order valence-electron chi connectivity index (χ3n) is 3.46. The van der Waals surface area contributed by atoms with E-state index in [9.17, 15) is 4.79 Å². The highest BCUT2D eigenvalue weighted by Crippen LogP contribution is 2.18. The second kappa shape index (κ2) is 4.47. The van der Waals surface area contributed by atoms with Crippen LogP contribution in [0.1, 0.15) is 6.92 Å². The van der Waals surface area contributed by atoms with Crippen LogP contribution in [0.3, 0.4) is 0 Å². The highest BCUT2D eigenvalue weighted by Gasteiger charge is 2.36.